The normalized spacial score (nSPS) is 11.7. The van der Waals surface area contributed by atoms with Crippen molar-refractivity contribution < 1.29 is 28.9 Å². The predicted octanol–water partition coefficient (Wildman–Crippen LogP) is 1.33. The number of nitro groups is 1. The zero-order valence-electron chi connectivity index (χ0n) is 25.3. The van der Waals surface area contributed by atoms with Gasteiger partial charge in [-0.25, -0.2) is 10.1 Å². The zero-order chi connectivity index (χ0) is 33.3. The van der Waals surface area contributed by atoms with Gasteiger partial charge in [0.25, 0.3) is 5.96 Å². The number of nitrogens with zero attached hydrogens (tertiary/aromatic N) is 2. The summed E-state index contributed by atoms with van der Waals surface area (Å²) in [5, 5.41) is 23.5. The fourth-order valence-corrected chi connectivity index (χ4v) is 4.53. The summed E-state index contributed by atoms with van der Waals surface area (Å²) in [6.45, 7) is 0.115. The minimum absolute atomic E-state index is 0.0622. The van der Waals surface area contributed by atoms with E-state index in [4.69, 9.17) is 5.73 Å². The number of amides is 3. The summed E-state index contributed by atoms with van der Waals surface area (Å²) in [6.07, 6.45) is 0.597. The molecule has 0 saturated carbocycles. The van der Waals surface area contributed by atoms with Gasteiger partial charge in [0.05, 0.1) is 19.4 Å². The van der Waals surface area contributed by atoms with E-state index in [2.05, 4.69) is 31.1 Å². The highest BCUT2D eigenvalue weighted by molar-refractivity contribution is 5.92. The number of nitrogens with one attached hydrogen (secondary N) is 4. The van der Waals surface area contributed by atoms with Crippen molar-refractivity contribution in [1.29, 1.82) is 0 Å². The highest BCUT2D eigenvalue weighted by Gasteiger charge is 2.27. The molecule has 14 nitrogen and oxygen atoms in total. The summed E-state index contributed by atoms with van der Waals surface area (Å²) in [5.41, 5.74) is 8.48. The second kappa shape index (κ2) is 18.1. The van der Waals surface area contributed by atoms with Crippen LogP contribution >= 0.6 is 0 Å². The number of ether oxygens (including phenoxy) is 1. The Morgan fingerprint density at radius 1 is 0.848 bits per heavy atom. The summed E-state index contributed by atoms with van der Waals surface area (Å²) >= 11 is 0. The fraction of sp³-hybridized carbons (Fsp3) is 0.281. The van der Waals surface area contributed by atoms with Crippen LogP contribution in [0.4, 0.5) is 0 Å². The molecule has 242 valence electrons. The molecule has 0 aromatic heterocycles. The van der Waals surface area contributed by atoms with Crippen molar-refractivity contribution in [2.45, 2.75) is 37.8 Å². The molecule has 0 heterocycles. The molecule has 3 rings (SSSR count). The van der Waals surface area contributed by atoms with Crippen LogP contribution in [-0.4, -0.2) is 60.9 Å². The van der Waals surface area contributed by atoms with Gasteiger partial charge < -0.3 is 31.7 Å². The van der Waals surface area contributed by atoms with E-state index in [0.29, 0.717) is 12.0 Å². The largest absolute Gasteiger partial charge is 0.468 e. The standard InChI is InChI=1S/C32H37N7O7/c1-46-28(41)21-35-27(40)19-22-14-16-23(17-15-22)20-36-30(42)26(13-8-18-34-32(33)38-39(44)45)37-31(43)29(24-9-4-2-5-10-24)25-11-6-3-7-12-25/h2-7,9-12,14-17,26,29H,8,13,18-21H2,1H3,(H,35,40)(H,36,42)(H,37,43)(H3,33,34,38)/t26-/m1/s1. The lowest BCUT2D eigenvalue weighted by atomic mass is 9.90. The van der Waals surface area contributed by atoms with E-state index in [1.807, 2.05) is 60.7 Å². The fourth-order valence-electron chi connectivity index (χ4n) is 4.53. The SMILES string of the molecule is COC(=O)CNC(=O)Cc1ccc(CNC(=O)[C@@H](CCCN/C(N)=N\[N+](=O)[O-])NC(=O)C(c2ccccc2)c2ccccc2)cc1. The molecule has 0 fully saturated rings. The first-order valence-corrected chi connectivity index (χ1v) is 14.5. The Bertz CT molecular complexity index is 1460. The van der Waals surface area contributed by atoms with Crippen LogP contribution in [0.1, 0.15) is 41.0 Å². The van der Waals surface area contributed by atoms with Gasteiger partial charge in [-0.3, -0.25) is 19.2 Å². The van der Waals surface area contributed by atoms with E-state index in [9.17, 15) is 29.3 Å². The third-order valence-electron chi connectivity index (χ3n) is 6.84. The Morgan fingerprint density at radius 3 is 2.00 bits per heavy atom. The molecule has 3 amide bonds. The smallest absolute Gasteiger partial charge is 0.325 e. The van der Waals surface area contributed by atoms with Crippen molar-refractivity contribution in [3.05, 3.63) is 117 Å². The number of methoxy groups -OCH3 is 1. The van der Waals surface area contributed by atoms with Crippen LogP contribution in [0.25, 0.3) is 0 Å². The molecule has 1 atom stereocenters. The van der Waals surface area contributed by atoms with Gasteiger partial charge in [0.2, 0.25) is 17.7 Å². The first kappa shape index (κ1) is 34.7. The van der Waals surface area contributed by atoms with Crippen molar-refractivity contribution in [3.63, 3.8) is 0 Å². The van der Waals surface area contributed by atoms with Gasteiger partial charge >= 0.3 is 5.97 Å². The van der Waals surface area contributed by atoms with E-state index in [0.717, 1.165) is 16.7 Å². The van der Waals surface area contributed by atoms with Gasteiger partial charge in [-0.15, -0.1) is 0 Å². The lowest BCUT2D eigenvalue weighted by molar-refractivity contribution is -0.485. The van der Waals surface area contributed by atoms with Crippen molar-refractivity contribution in [2.24, 2.45) is 10.8 Å². The quantitative estimate of drug-likeness (QED) is 0.0385. The van der Waals surface area contributed by atoms with Crippen LogP contribution in [0, 0.1) is 10.1 Å². The Kier molecular flexibility index (Phi) is 13.7. The van der Waals surface area contributed by atoms with Crippen molar-refractivity contribution in [1.82, 2.24) is 21.3 Å². The Hall–Kier alpha value is -5.79. The van der Waals surface area contributed by atoms with Crippen LogP contribution in [0.3, 0.4) is 0 Å². The lowest BCUT2D eigenvalue weighted by Gasteiger charge is -2.23. The highest BCUT2D eigenvalue weighted by Crippen LogP contribution is 2.25. The van der Waals surface area contributed by atoms with Gasteiger partial charge in [-0.2, -0.15) is 0 Å². The monoisotopic (exact) mass is 631 g/mol. The third kappa shape index (κ3) is 11.7. The Balaban J connectivity index is 1.68. The van der Waals surface area contributed by atoms with Gasteiger partial charge in [-0.1, -0.05) is 84.9 Å². The van der Waals surface area contributed by atoms with Gasteiger partial charge in [0.15, 0.2) is 5.03 Å². The van der Waals surface area contributed by atoms with Crippen LogP contribution in [0.5, 0.6) is 0 Å². The number of guanidine groups is 1. The van der Waals surface area contributed by atoms with E-state index in [1.165, 1.54) is 7.11 Å². The maximum atomic E-state index is 13.7. The maximum absolute atomic E-state index is 13.7. The number of benzene rings is 3. The number of carbonyl (C=O) groups excluding carboxylic acids is 4. The number of hydrogen-bond donors (Lipinski definition) is 5. The minimum atomic E-state index is -0.935. The van der Waals surface area contributed by atoms with Crippen LogP contribution in [0.15, 0.2) is 90.0 Å². The second-order valence-corrected chi connectivity index (χ2v) is 10.2. The maximum Gasteiger partial charge on any atom is 0.325 e. The van der Waals surface area contributed by atoms with E-state index in [-0.39, 0.29) is 50.2 Å². The predicted molar refractivity (Wildman–Crippen MR) is 170 cm³/mol. The molecule has 46 heavy (non-hydrogen) atoms. The minimum Gasteiger partial charge on any atom is -0.468 e. The molecule has 0 aliphatic rings. The number of hydrogen-bond acceptors (Lipinski definition) is 7. The van der Waals surface area contributed by atoms with Crippen molar-refractivity contribution in [3.8, 4) is 0 Å². The first-order valence-electron chi connectivity index (χ1n) is 14.5. The van der Waals surface area contributed by atoms with Crippen LogP contribution in [-0.2, 0) is 36.9 Å². The lowest BCUT2D eigenvalue weighted by Crippen LogP contribution is -2.48. The molecular weight excluding hydrogens is 594 g/mol. The molecule has 0 bridgehead atoms. The molecule has 0 radical (unpaired) electrons. The van der Waals surface area contributed by atoms with Gasteiger partial charge in [-0.05, 0) is 35.1 Å². The summed E-state index contributed by atoms with van der Waals surface area (Å²) in [5.74, 6) is -2.71. The van der Waals surface area contributed by atoms with Crippen LogP contribution in [0.2, 0.25) is 0 Å². The molecule has 14 heteroatoms. The third-order valence-corrected chi connectivity index (χ3v) is 6.84. The molecule has 0 spiro atoms. The molecule has 0 unspecified atom stereocenters. The number of nitrogens with two attached hydrogens (primary N) is 1. The number of esters is 1. The topological polar surface area (TPSA) is 207 Å². The average molecular weight is 632 g/mol. The first-order chi connectivity index (χ1) is 22.2. The summed E-state index contributed by atoms with van der Waals surface area (Å²) in [7, 11) is 1.24. The zero-order valence-corrected chi connectivity index (χ0v) is 25.3. The van der Waals surface area contributed by atoms with Crippen molar-refractivity contribution in [2.75, 3.05) is 20.2 Å². The van der Waals surface area contributed by atoms with Crippen molar-refractivity contribution >= 4 is 29.7 Å². The van der Waals surface area contributed by atoms with Crippen LogP contribution < -0.4 is 27.0 Å². The molecule has 6 N–H and O–H groups in total. The number of carbonyl (C=O) groups is 4. The summed E-state index contributed by atoms with van der Waals surface area (Å²) in [6, 6.07) is 24.5. The van der Waals surface area contributed by atoms with E-state index < -0.39 is 28.9 Å². The van der Waals surface area contributed by atoms with Gasteiger partial charge in [0.1, 0.15) is 17.7 Å². The Labute approximate surface area is 265 Å². The van der Waals surface area contributed by atoms with E-state index in [1.54, 1.807) is 24.3 Å². The Morgan fingerprint density at radius 2 is 1.43 bits per heavy atom. The molecule has 3 aromatic carbocycles. The second-order valence-electron chi connectivity index (χ2n) is 10.2. The summed E-state index contributed by atoms with van der Waals surface area (Å²) < 4.78 is 4.51. The number of hydrazone groups is 1. The molecular formula is C32H37N7O7. The summed E-state index contributed by atoms with van der Waals surface area (Å²) in [4.78, 5) is 61.0. The molecule has 0 aliphatic heterocycles. The average Bonchev–Trinajstić information content (AvgIpc) is 3.05. The molecule has 3 aromatic rings. The molecule has 0 saturated heterocycles. The number of rotatable bonds is 16. The van der Waals surface area contributed by atoms with Gasteiger partial charge in [0, 0.05) is 13.1 Å². The van der Waals surface area contributed by atoms with E-state index >= 15 is 0 Å². The molecule has 0 aliphatic carbocycles. The highest BCUT2D eigenvalue weighted by atomic mass is 16.7.